The van der Waals surface area contributed by atoms with Crippen molar-refractivity contribution in [3.8, 4) is 0 Å². The Bertz CT molecular complexity index is 333. The lowest BCUT2D eigenvalue weighted by atomic mass is 10.0. The molecule has 1 aromatic carbocycles. The van der Waals surface area contributed by atoms with E-state index >= 15 is 0 Å². The van der Waals surface area contributed by atoms with Crippen LogP contribution >= 0.6 is 0 Å². The summed E-state index contributed by atoms with van der Waals surface area (Å²) >= 11 is 0. The summed E-state index contributed by atoms with van der Waals surface area (Å²) in [7, 11) is 0. The lowest BCUT2D eigenvalue weighted by Gasteiger charge is -2.13. The molecule has 2 heteroatoms. The molecule has 0 saturated carbocycles. The van der Waals surface area contributed by atoms with Crippen molar-refractivity contribution in [2.45, 2.75) is 32.0 Å². The monoisotopic (exact) mass is 190 g/mol. The minimum atomic E-state index is -0.195. The van der Waals surface area contributed by atoms with Gasteiger partial charge in [-0.3, -0.25) is 0 Å². The summed E-state index contributed by atoms with van der Waals surface area (Å²) in [5.41, 5.74) is 2.46. The van der Waals surface area contributed by atoms with Gasteiger partial charge in [-0.05, 0) is 30.9 Å². The number of carbonyl (C=O) groups is 1. The molecule has 1 aliphatic heterocycles. The number of aldehydes is 1. The molecular weight excluding hydrogens is 176 g/mol. The van der Waals surface area contributed by atoms with Crippen LogP contribution in [0.3, 0.4) is 0 Å². The summed E-state index contributed by atoms with van der Waals surface area (Å²) in [6.07, 6.45) is 2.63. The summed E-state index contributed by atoms with van der Waals surface area (Å²) in [4.78, 5) is 10.5. The SMILES string of the molecule is Cc1ccccc1C1CCC(C=O)O1. The first-order chi connectivity index (χ1) is 6.81. The number of carbonyl (C=O) groups excluding carboxylic acids is 1. The Labute approximate surface area is 83.9 Å². The van der Waals surface area contributed by atoms with Gasteiger partial charge >= 0.3 is 0 Å². The molecule has 0 amide bonds. The van der Waals surface area contributed by atoms with Crippen LogP contribution in [0.2, 0.25) is 0 Å². The molecule has 0 bridgehead atoms. The third-order valence-electron chi connectivity index (χ3n) is 2.74. The normalized spacial score (nSPS) is 26.4. The molecule has 1 aromatic rings. The van der Waals surface area contributed by atoms with E-state index in [9.17, 15) is 4.79 Å². The fourth-order valence-corrected chi connectivity index (χ4v) is 1.94. The second-order valence-electron chi connectivity index (χ2n) is 3.73. The van der Waals surface area contributed by atoms with Crippen molar-refractivity contribution in [1.82, 2.24) is 0 Å². The minimum Gasteiger partial charge on any atom is -0.363 e. The van der Waals surface area contributed by atoms with Crippen LogP contribution in [0, 0.1) is 6.92 Å². The molecule has 0 radical (unpaired) electrons. The van der Waals surface area contributed by atoms with Gasteiger partial charge in [0.05, 0.1) is 6.10 Å². The molecule has 2 atom stereocenters. The fourth-order valence-electron chi connectivity index (χ4n) is 1.94. The van der Waals surface area contributed by atoms with Crippen LogP contribution < -0.4 is 0 Å². The van der Waals surface area contributed by atoms with E-state index < -0.39 is 0 Å². The number of aryl methyl sites for hydroxylation is 1. The Morgan fingerprint density at radius 1 is 1.36 bits per heavy atom. The molecule has 1 aliphatic rings. The van der Waals surface area contributed by atoms with Crippen molar-refractivity contribution >= 4 is 6.29 Å². The minimum absolute atomic E-state index is 0.117. The standard InChI is InChI=1S/C12H14O2/c1-9-4-2-3-5-11(9)12-7-6-10(8-13)14-12/h2-5,8,10,12H,6-7H2,1H3. The third-order valence-corrected chi connectivity index (χ3v) is 2.74. The molecule has 0 N–H and O–H groups in total. The van der Waals surface area contributed by atoms with Gasteiger partial charge in [0.1, 0.15) is 12.4 Å². The van der Waals surface area contributed by atoms with E-state index in [-0.39, 0.29) is 12.2 Å². The van der Waals surface area contributed by atoms with E-state index in [0.717, 1.165) is 19.1 Å². The molecule has 2 unspecified atom stereocenters. The number of hydrogen-bond donors (Lipinski definition) is 0. The molecule has 1 heterocycles. The molecule has 1 saturated heterocycles. The Hall–Kier alpha value is -1.15. The topological polar surface area (TPSA) is 26.3 Å². The van der Waals surface area contributed by atoms with Gasteiger partial charge in [-0.2, -0.15) is 0 Å². The molecule has 1 fully saturated rings. The molecule has 2 nitrogen and oxygen atoms in total. The Balaban J connectivity index is 2.17. The van der Waals surface area contributed by atoms with Gasteiger partial charge in [0.15, 0.2) is 0 Å². The molecular formula is C12H14O2. The van der Waals surface area contributed by atoms with Crippen LogP contribution in [0.15, 0.2) is 24.3 Å². The number of benzene rings is 1. The van der Waals surface area contributed by atoms with Gasteiger partial charge in [-0.1, -0.05) is 24.3 Å². The largest absolute Gasteiger partial charge is 0.363 e. The fraction of sp³-hybridized carbons (Fsp3) is 0.417. The number of ether oxygens (including phenoxy) is 1. The van der Waals surface area contributed by atoms with Crippen molar-refractivity contribution < 1.29 is 9.53 Å². The smallest absolute Gasteiger partial charge is 0.148 e. The van der Waals surface area contributed by atoms with Gasteiger partial charge in [0, 0.05) is 0 Å². The second kappa shape index (κ2) is 3.93. The van der Waals surface area contributed by atoms with Crippen molar-refractivity contribution in [3.05, 3.63) is 35.4 Å². The maximum atomic E-state index is 10.5. The Morgan fingerprint density at radius 3 is 2.79 bits per heavy atom. The van der Waals surface area contributed by atoms with Crippen LogP contribution in [0.1, 0.15) is 30.1 Å². The van der Waals surface area contributed by atoms with Gasteiger partial charge in [-0.15, -0.1) is 0 Å². The first-order valence-electron chi connectivity index (χ1n) is 4.97. The summed E-state index contributed by atoms with van der Waals surface area (Å²) in [6, 6.07) is 8.19. The Kier molecular flexibility index (Phi) is 2.64. The lowest BCUT2D eigenvalue weighted by molar-refractivity contribution is -0.117. The molecule has 0 aliphatic carbocycles. The van der Waals surface area contributed by atoms with Crippen LogP contribution in [-0.4, -0.2) is 12.4 Å². The van der Waals surface area contributed by atoms with E-state index in [1.165, 1.54) is 11.1 Å². The van der Waals surface area contributed by atoms with E-state index in [1.54, 1.807) is 0 Å². The summed E-state index contributed by atoms with van der Waals surface area (Å²) in [5, 5.41) is 0. The average Bonchev–Trinajstić information content (AvgIpc) is 2.67. The highest BCUT2D eigenvalue weighted by atomic mass is 16.5. The molecule has 0 spiro atoms. The maximum Gasteiger partial charge on any atom is 0.148 e. The molecule has 74 valence electrons. The first kappa shape index (κ1) is 9.41. The van der Waals surface area contributed by atoms with Crippen LogP contribution in [-0.2, 0) is 9.53 Å². The van der Waals surface area contributed by atoms with Crippen molar-refractivity contribution in [2.24, 2.45) is 0 Å². The van der Waals surface area contributed by atoms with Gasteiger partial charge < -0.3 is 9.53 Å². The quantitative estimate of drug-likeness (QED) is 0.669. The Morgan fingerprint density at radius 2 is 2.14 bits per heavy atom. The van der Waals surface area contributed by atoms with Gasteiger partial charge in [0.2, 0.25) is 0 Å². The third kappa shape index (κ3) is 1.70. The van der Waals surface area contributed by atoms with Gasteiger partial charge in [0.25, 0.3) is 0 Å². The lowest BCUT2D eigenvalue weighted by Crippen LogP contribution is -2.07. The van der Waals surface area contributed by atoms with E-state index in [0.29, 0.717) is 0 Å². The van der Waals surface area contributed by atoms with Crippen LogP contribution in [0.4, 0.5) is 0 Å². The van der Waals surface area contributed by atoms with E-state index in [2.05, 4.69) is 19.1 Å². The summed E-state index contributed by atoms with van der Waals surface area (Å²) < 4.78 is 5.61. The zero-order valence-electron chi connectivity index (χ0n) is 8.27. The second-order valence-corrected chi connectivity index (χ2v) is 3.73. The molecule has 0 aromatic heterocycles. The highest BCUT2D eigenvalue weighted by Crippen LogP contribution is 2.33. The first-order valence-corrected chi connectivity index (χ1v) is 4.97. The van der Waals surface area contributed by atoms with Crippen LogP contribution in [0.5, 0.6) is 0 Å². The van der Waals surface area contributed by atoms with E-state index in [1.807, 2.05) is 12.1 Å². The maximum absolute atomic E-state index is 10.5. The van der Waals surface area contributed by atoms with Gasteiger partial charge in [-0.25, -0.2) is 0 Å². The highest BCUT2D eigenvalue weighted by Gasteiger charge is 2.26. The highest BCUT2D eigenvalue weighted by molar-refractivity contribution is 5.56. The predicted molar refractivity (Wildman–Crippen MR) is 54.1 cm³/mol. The zero-order chi connectivity index (χ0) is 9.97. The van der Waals surface area contributed by atoms with Crippen molar-refractivity contribution in [1.29, 1.82) is 0 Å². The number of rotatable bonds is 2. The average molecular weight is 190 g/mol. The van der Waals surface area contributed by atoms with Crippen LogP contribution in [0.25, 0.3) is 0 Å². The predicted octanol–water partition coefficient (Wildman–Crippen LogP) is 2.41. The molecule has 2 rings (SSSR count). The van der Waals surface area contributed by atoms with E-state index in [4.69, 9.17) is 4.74 Å². The zero-order valence-corrected chi connectivity index (χ0v) is 8.27. The molecule has 14 heavy (non-hydrogen) atoms. The van der Waals surface area contributed by atoms with Crippen molar-refractivity contribution in [2.75, 3.05) is 0 Å². The number of hydrogen-bond acceptors (Lipinski definition) is 2. The van der Waals surface area contributed by atoms with Crippen molar-refractivity contribution in [3.63, 3.8) is 0 Å². The summed E-state index contributed by atoms with van der Waals surface area (Å²) in [5.74, 6) is 0. The summed E-state index contributed by atoms with van der Waals surface area (Å²) in [6.45, 7) is 2.08.